The van der Waals surface area contributed by atoms with Gasteiger partial charge < -0.3 is 9.80 Å². The Balaban J connectivity index is 1.45. The van der Waals surface area contributed by atoms with Crippen LogP contribution >= 0.6 is 0 Å². The monoisotopic (exact) mass is 286 g/mol. The maximum atomic E-state index is 3.99. The van der Waals surface area contributed by atoms with E-state index in [2.05, 4.69) is 61.7 Å². The molecule has 2 heterocycles. The number of piperazine rings is 1. The second-order valence-electron chi connectivity index (χ2n) is 5.68. The molecule has 1 N–H and O–H groups in total. The summed E-state index contributed by atoms with van der Waals surface area (Å²) in [6, 6.07) is 8.46. The summed E-state index contributed by atoms with van der Waals surface area (Å²) in [5.41, 5.74) is 2.38. The van der Waals surface area contributed by atoms with Gasteiger partial charge in [0.15, 0.2) is 0 Å². The minimum Gasteiger partial charge on any atom is -0.304 e. The predicted octanol–water partition coefficient (Wildman–Crippen LogP) is 1.05. The molecule has 6 heteroatoms. The number of rotatable bonds is 5. The van der Waals surface area contributed by atoms with Crippen LogP contribution in [0, 0.1) is 0 Å². The molecule has 0 saturated carbocycles. The normalized spacial score (nSPS) is 17.2. The lowest BCUT2D eigenvalue weighted by Gasteiger charge is -2.32. The quantitative estimate of drug-likeness (QED) is 0.890. The number of likely N-dealkylation sites (N-methyl/N-ethyl adjacent to an activating group) is 1. The molecule has 0 bridgehead atoms. The number of nitrogens with zero attached hydrogens (tertiary/aromatic N) is 5. The Morgan fingerprint density at radius 3 is 2.52 bits per heavy atom. The molecule has 0 spiro atoms. The molecule has 6 nitrogen and oxygen atoms in total. The second-order valence-corrected chi connectivity index (χ2v) is 5.68. The number of aromatic amines is 1. The summed E-state index contributed by atoms with van der Waals surface area (Å²) in [6.45, 7) is 5.99. The first-order valence-corrected chi connectivity index (χ1v) is 7.55. The summed E-state index contributed by atoms with van der Waals surface area (Å²) in [5, 5.41) is 14.0. The van der Waals surface area contributed by atoms with Crippen LogP contribution < -0.4 is 0 Å². The number of aryl methyl sites for hydroxylation is 1. The maximum absolute atomic E-state index is 3.99. The minimum atomic E-state index is 0.652. The SMILES string of the molecule is CN1CCN(CCCc2ccc(-c3nn[nH]n3)cc2)CC1. The van der Waals surface area contributed by atoms with E-state index in [9.17, 15) is 0 Å². The standard InChI is InChI=1S/C15H22N6/c1-20-9-11-21(12-10-20)8-2-3-13-4-6-14(7-5-13)15-16-18-19-17-15/h4-7H,2-3,8-12H2,1H3,(H,16,17,18,19). The van der Waals surface area contributed by atoms with Gasteiger partial charge in [0.25, 0.3) is 0 Å². The first-order valence-electron chi connectivity index (χ1n) is 7.55. The lowest BCUT2D eigenvalue weighted by molar-refractivity contribution is 0.153. The van der Waals surface area contributed by atoms with Gasteiger partial charge in [-0.15, -0.1) is 10.2 Å². The van der Waals surface area contributed by atoms with E-state index in [0.29, 0.717) is 5.82 Å². The van der Waals surface area contributed by atoms with Crippen molar-refractivity contribution in [2.45, 2.75) is 12.8 Å². The Kier molecular flexibility index (Phi) is 4.57. The number of tetrazole rings is 1. The average Bonchev–Trinajstić information content (AvgIpc) is 3.04. The van der Waals surface area contributed by atoms with Crippen molar-refractivity contribution in [2.75, 3.05) is 39.8 Å². The number of benzene rings is 1. The van der Waals surface area contributed by atoms with Gasteiger partial charge >= 0.3 is 0 Å². The van der Waals surface area contributed by atoms with Crippen LogP contribution in [0.3, 0.4) is 0 Å². The van der Waals surface area contributed by atoms with Crippen LogP contribution in [-0.4, -0.2) is 70.2 Å². The van der Waals surface area contributed by atoms with Crippen LogP contribution in [-0.2, 0) is 6.42 Å². The van der Waals surface area contributed by atoms with Crippen molar-refractivity contribution in [3.05, 3.63) is 29.8 Å². The van der Waals surface area contributed by atoms with Gasteiger partial charge in [0, 0.05) is 31.7 Å². The number of hydrogen-bond donors (Lipinski definition) is 1. The topological polar surface area (TPSA) is 60.9 Å². The third kappa shape index (κ3) is 3.86. The number of nitrogens with one attached hydrogen (secondary N) is 1. The number of hydrogen-bond acceptors (Lipinski definition) is 5. The Labute approximate surface area is 125 Å². The van der Waals surface area contributed by atoms with Crippen LogP contribution in [0.15, 0.2) is 24.3 Å². The Morgan fingerprint density at radius 2 is 1.86 bits per heavy atom. The zero-order chi connectivity index (χ0) is 14.5. The molecule has 0 atom stereocenters. The van der Waals surface area contributed by atoms with E-state index in [1.807, 2.05) is 0 Å². The van der Waals surface area contributed by atoms with E-state index in [4.69, 9.17) is 0 Å². The van der Waals surface area contributed by atoms with Gasteiger partial charge in [0.2, 0.25) is 5.82 Å². The Bertz CT molecular complexity index is 528. The summed E-state index contributed by atoms with van der Waals surface area (Å²) >= 11 is 0. The van der Waals surface area contributed by atoms with Crippen molar-refractivity contribution < 1.29 is 0 Å². The number of H-pyrrole nitrogens is 1. The van der Waals surface area contributed by atoms with E-state index in [1.54, 1.807) is 0 Å². The second kappa shape index (κ2) is 6.78. The smallest absolute Gasteiger partial charge is 0.204 e. The molecule has 0 unspecified atom stereocenters. The molecule has 1 aromatic heterocycles. The van der Waals surface area contributed by atoms with Crippen molar-refractivity contribution in [1.29, 1.82) is 0 Å². The molecular weight excluding hydrogens is 264 g/mol. The molecule has 21 heavy (non-hydrogen) atoms. The fourth-order valence-electron chi connectivity index (χ4n) is 2.68. The molecule has 1 fully saturated rings. The zero-order valence-electron chi connectivity index (χ0n) is 12.5. The van der Waals surface area contributed by atoms with Gasteiger partial charge in [-0.2, -0.15) is 5.21 Å². The van der Waals surface area contributed by atoms with Crippen LogP contribution in [0.5, 0.6) is 0 Å². The molecular formula is C15H22N6. The lowest BCUT2D eigenvalue weighted by atomic mass is 10.1. The number of aromatic nitrogens is 4. The first kappa shape index (κ1) is 14.2. The molecule has 0 aliphatic carbocycles. The van der Waals surface area contributed by atoms with Crippen LogP contribution in [0.25, 0.3) is 11.4 Å². The summed E-state index contributed by atoms with van der Waals surface area (Å²) in [7, 11) is 2.20. The average molecular weight is 286 g/mol. The third-order valence-electron chi connectivity index (χ3n) is 4.09. The summed E-state index contributed by atoms with van der Waals surface area (Å²) < 4.78 is 0. The van der Waals surface area contributed by atoms with E-state index in [-0.39, 0.29) is 0 Å². The van der Waals surface area contributed by atoms with Gasteiger partial charge in [0.1, 0.15) is 0 Å². The molecule has 0 amide bonds. The van der Waals surface area contributed by atoms with Crippen molar-refractivity contribution in [3.63, 3.8) is 0 Å². The van der Waals surface area contributed by atoms with E-state index >= 15 is 0 Å². The minimum absolute atomic E-state index is 0.652. The van der Waals surface area contributed by atoms with Crippen LogP contribution in [0.1, 0.15) is 12.0 Å². The summed E-state index contributed by atoms with van der Waals surface area (Å²) in [5.74, 6) is 0.652. The molecule has 1 aliphatic rings. The van der Waals surface area contributed by atoms with Crippen LogP contribution in [0.2, 0.25) is 0 Å². The van der Waals surface area contributed by atoms with Gasteiger partial charge in [-0.25, -0.2) is 0 Å². The molecule has 1 aromatic carbocycles. The van der Waals surface area contributed by atoms with Crippen molar-refractivity contribution in [3.8, 4) is 11.4 Å². The van der Waals surface area contributed by atoms with Gasteiger partial charge in [-0.05, 0) is 37.2 Å². The molecule has 0 radical (unpaired) electrons. The largest absolute Gasteiger partial charge is 0.304 e. The van der Waals surface area contributed by atoms with E-state index < -0.39 is 0 Å². The predicted molar refractivity (Wildman–Crippen MR) is 81.9 cm³/mol. The molecule has 1 saturated heterocycles. The van der Waals surface area contributed by atoms with E-state index in [0.717, 1.165) is 12.0 Å². The third-order valence-corrected chi connectivity index (χ3v) is 4.09. The summed E-state index contributed by atoms with van der Waals surface area (Å²) in [6.07, 6.45) is 2.34. The molecule has 1 aliphatic heterocycles. The Hall–Kier alpha value is -1.79. The lowest BCUT2D eigenvalue weighted by Crippen LogP contribution is -2.44. The highest BCUT2D eigenvalue weighted by Gasteiger charge is 2.12. The van der Waals surface area contributed by atoms with Gasteiger partial charge in [-0.1, -0.05) is 24.3 Å². The highest BCUT2D eigenvalue weighted by atomic mass is 15.5. The molecule has 3 rings (SSSR count). The van der Waals surface area contributed by atoms with Gasteiger partial charge in [-0.3, -0.25) is 0 Å². The molecule has 2 aromatic rings. The highest BCUT2D eigenvalue weighted by molar-refractivity contribution is 5.54. The van der Waals surface area contributed by atoms with Gasteiger partial charge in [0.05, 0.1) is 0 Å². The summed E-state index contributed by atoms with van der Waals surface area (Å²) in [4.78, 5) is 4.96. The van der Waals surface area contributed by atoms with E-state index in [1.165, 1.54) is 44.7 Å². The Morgan fingerprint density at radius 1 is 1.10 bits per heavy atom. The maximum Gasteiger partial charge on any atom is 0.204 e. The molecule has 112 valence electrons. The van der Waals surface area contributed by atoms with Crippen molar-refractivity contribution in [1.82, 2.24) is 30.4 Å². The fourth-order valence-corrected chi connectivity index (χ4v) is 2.68. The fraction of sp³-hybridized carbons (Fsp3) is 0.533. The highest BCUT2D eigenvalue weighted by Crippen LogP contribution is 2.15. The zero-order valence-corrected chi connectivity index (χ0v) is 12.5. The van der Waals surface area contributed by atoms with Crippen molar-refractivity contribution >= 4 is 0 Å². The van der Waals surface area contributed by atoms with Crippen LogP contribution in [0.4, 0.5) is 0 Å². The first-order chi connectivity index (χ1) is 10.3. The van der Waals surface area contributed by atoms with Crippen molar-refractivity contribution in [2.24, 2.45) is 0 Å².